The monoisotopic (exact) mass is 250 g/mol. The minimum Gasteiger partial charge on any atom is -0.384 e. The molecule has 4 heteroatoms. The van der Waals surface area contributed by atoms with Crippen LogP contribution in [0.25, 0.3) is 0 Å². The first-order valence-electron chi connectivity index (χ1n) is 6.60. The van der Waals surface area contributed by atoms with E-state index in [0.717, 1.165) is 18.2 Å². The number of rotatable bonds is 5. The molecule has 0 aliphatic carbocycles. The van der Waals surface area contributed by atoms with Gasteiger partial charge in [-0.2, -0.15) is 0 Å². The lowest BCUT2D eigenvalue weighted by Gasteiger charge is -2.29. The number of hydrogen-bond donors (Lipinski definition) is 2. The summed E-state index contributed by atoms with van der Waals surface area (Å²) in [6.07, 6.45) is 0. The van der Waals surface area contributed by atoms with Crippen LogP contribution in [0.5, 0.6) is 0 Å². The SMILES string of the molecule is CC(C)c1nc(N)cc(NCC(C)(C)C(C)C)n1. The van der Waals surface area contributed by atoms with Gasteiger partial charge in [-0.05, 0) is 11.3 Å². The van der Waals surface area contributed by atoms with Gasteiger partial charge in [0.15, 0.2) is 0 Å². The highest BCUT2D eigenvalue weighted by molar-refractivity contribution is 5.45. The number of anilines is 2. The molecular weight excluding hydrogens is 224 g/mol. The van der Waals surface area contributed by atoms with Gasteiger partial charge >= 0.3 is 0 Å². The summed E-state index contributed by atoms with van der Waals surface area (Å²) in [5.74, 6) is 3.03. The average Bonchev–Trinajstić information content (AvgIpc) is 2.25. The summed E-state index contributed by atoms with van der Waals surface area (Å²) in [5, 5.41) is 3.37. The van der Waals surface area contributed by atoms with E-state index < -0.39 is 0 Å². The first-order chi connectivity index (χ1) is 8.22. The van der Waals surface area contributed by atoms with Crippen molar-refractivity contribution >= 4 is 11.6 Å². The molecular formula is C14H26N4. The molecule has 0 unspecified atom stereocenters. The van der Waals surface area contributed by atoms with Crippen molar-refractivity contribution in [2.75, 3.05) is 17.6 Å². The Morgan fingerprint density at radius 2 is 1.83 bits per heavy atom. The van der Waals surface area contributed by atoms with E-state index in [9.17, 15) is 0 Å². The van der Waals surface area contributed by atoms with Gasteiger partial charge in [-0.15, -0.1) is 0 Å². The van der Waals surface area contributed by atoms with Crippen molar-refractivity contribution in [3.8, 4) is 0 Å². The Morgan fingerprint density at radius 1 is 1.22 bits per heavy atom. The normalized spacial score (nSPS) is 12.2. The van der Waals surface area contributed by atoms with E-state index in [1.165, 1.54) is 0 Å². The van der Waals surface area contributed by atoms with E-state index in [2.05, 4.69) is 56.8 Å². The van der Waals surface area contributed by atoms with Crippen LogP contribution in [0.1, 0.15) is 53.3 Å². The number of hydrogen-bond acceptors (Lipinski definition) is 4. The molecule has 0 atom stereocenters. The van der Waals surface area contributed by atoms with Crippen LogP contribution in [0.2, 0.25) is 0 Å². The number of nitrogens with zero attached hydrogens (tertiary/aromatic N) is 2. The summed E-state index contributed by atoms with van der Waals surface area (Å²) < 4.78 is 0. The fourth-order valence-corrected chi connectivity index (χ4v) is 1.36. The molecule has 0 fully saturated rings. The average molecular weight is 250 g/mol. The van der Waals surface area contributed by atoms with Gasteiger partial charge in [0, 0.05) is 18.5 Å². The summed E-state index contributed by atoms with van der Waals surface area (Å²) in [6, 6.07) is 1.79. The molecule has 1 heterocycles. The Hall–Kier alpha value is -1.32. The minimum atomic E-state index is 0.220. The Morgan fingerprint density at radius 3 is 2.33 bits per heavy atom. The minimum absolute atomic E-state index is 0.220. The summed E-state index contributed by atoms with van der Waals surface area (Å²) in [5.41, 5.74) is 6.03. The summed E-state index contributed by atoms with van der Waals surface area (Å²) in [4.78, 5) is 8.73. The van der Waals surface area contributed by atoms with Crippen molar-refractivity contribution in [3.05, 3.63) is 11.9 Å². The highest BCUT2D eigenvalue weighted by Gasteiger charge is 2.22. The van der Waals surface area contributed by atoms with Gasteiger partial charge < -0.3 is 11.1 Å². The zero-order valence-corrected chi connectivity index (χ0v) is 12.4. The maximum absolute atomic E-state index is 5.81. The summed E-state index contributed by atoms with van der Waals surface area (Å²) >= 11 is 0. The number of nitrogens with one attached hydrogen (secondary N) is 1. The molecule has 0 amide bonds. The van der Waals surface area contributed by atoms with Crippen molar-refractivity contribution in [1.29, 1.82) is 0 Å². The molecule has 0 aliphatic heterocycles. The molecule has 1 aromatic rings. The second-order valence-electron chi connectivity index (χ2n) is 6.19. The van der Waals surface area contributed by atoms with E-state index in [1.807, 2.05) is 0 Å². The predicted octanol–water partition coefficient (Wildman–Crippen LogP) is 3.28. The molecule has 0 spiro atoms. The van der Waals surface area contributed by atoms with Crippen LogP contribution in [0.3, 0.4) is 0 Å². The van der Waals surface area contributed by atoms with Crippen molar-refractivity contribution in [2.45, 2.75) is 47.5 Å². The predicted molar refractivity (Wildman–Crippen MR) is 77.6 cm³/mol. The zero-order chi connectivity index (χ0) is 13.9. The maximum Gasteiger partial charge on any atom is 0.135 e. The van der Waals surface area contributed by atoms with Crippen LogP contribution in [-0.2, 0) is 0 Å². The zero-order valence-electron chi connectivity index (χ0n) is 12.4. The molecule has 0 bridgehead atoms. The molecule has 0 radical (unpaired) electrons. The quantitative estimate of drug-likeness (QED) is 0.841. The Labute approximate surface area is 110 Å². The molecule has 18 heavy (non-hydrogen) atoms. The highest BCUT2D eigenvalue weighted by Crippen LogP contribution is 2.26. The topological polar surface area (TPSA) is 63.8 Å². The fourth-order valence-electron chi connectivity index (χ4n) is 1.36. The second kappa shape index (κ2) is 5.55. The highest BCUT2D eigenvalue weighted by atomic mass is 15.1. The molecule has 102 valence electrons. The van der Waals surface area contributed by atoms with Crippen LogP contribution in [-0.4, -0.2) is 16.5 Å². The van der Waals surface area contributed by atoms with E-state index in [1.54, 1.807) is 6.07 Å². The lowest BCUT2D eigenvalue weighted by atomic mass is 9.81. The van der Waals surface area contributed by atoms with Gasteiger partial charge in [0.05, 0.1) is 0 Å². The molecule has 0 aliphatic rings. The van der Waals surface area contributed by atoms with Crippen molar-refractivity contribution < 1.29 is 0 Å². The third-order valence-corrected chi connectivity index (χ3v) is 3.57. The van der Waals surface area contributed by atoms with E-state index in [-0.39, 0.29) is 11.3 Å². The van der Waals surface area contributed by atoms with Crippen LogP contribution >= 0.6 is 0 Å². The molecule has 4 nitrogen and oxygen atoms in total. The smallest absolute Gasteiger partial charge is 0.135 e. The summed E-state index contributed by atoms with van der Waals surface area (Å²) in [6.45, 7) is 14.0. The molecule has 0 saturated heterocycles. The molecule has 1 rings (SSSR count). The van der Waals surface area contributed by atoms with E-state index in [4.69, 9.17) is 5.73 Å². The van der Waals surface area contributed by atoms with Gasteiger partial charge in [0.2, 0.25) is 0 Å². The Bertz CT molecular complexity index is 397. The molecule has 3 N–H and O–H groups in total. The second-order valence-corrected chi connectivity index (χ2v) is 6.19. The standard InChI is InChI=1S/C14H26N4/c1-9(2)13-17-11(15)7-12(18-13)16-8-14(5,6)10(3)4/h7,9-10H,8H2,1-6H3,(H3,15,16,17,18). The van der Waals surface area contributed by atoms with Gasteiger partial charge in [-0.1, -0.05) is 41.5 Å². The van der Waals surface area contributed by atoms with Crippen molar-refractivity contribution in [2.24, 2.45) is 11.3 Å². The third-order valence-electron chi connectivity index (χ3n) is 3.57. The lowest BCUT2D eigenvalue weighted by Crippen LogP contribution is -2.29. The number of aromatic nitrogens is 2. The first kappa shape index (κ1) is 14.7. The largest absolute Gasteiger partial charge is 0.384 e. The fraction of sp³-hybridized carbons (Fsp3) is 0.714. The van der Waals surface area contributed by atoms with Gasteiger partial charge in [-0.25, -0.2) is 9.97 Å². The van der Waals surface area contributed by atoms with Gasteiger partial charge in [0.1, 0.15) is 17.5 Å². The van der Waals surface area contributed by atoms with E-state index >= 15 is 0 Å². The van der Waals surface area contributed by atoms with Crippen molar-refractivity contribution in [1.82, 2.24) is 9.97 Å². The lowest BCUT2D eigenvalue weighted by molar-refractivity contribution is 0.269. The van der Waals surface area contributed by atoms with E-state index in [0.29, 0.717) is 11.7 Å². The van der Waals surface area contributed by atoms with Gasteiger partial charge in [-0.3, -0.25) is 0 Å². The Balaban J connectivity index is 2.79. The number of nitrogens with two attached hydrogens (primary N) is 1. The number of nitrogen functional groups attached to an aromatic ring is 1. The van der Waals surface area contributed by atoms with Crippen LogP contribution < -0.4 is 11.1 Å². The van der Waals surface area contributed by atoms with Crippen LogP contribution in [0, 0.1) is 11.3 Å². The van der Waals surface area contributed by atoms with Crippen molar-refractivity contribution in [3.63, 3.8) is 0 Å². The van der Waals surface area contributed by atoms with Crippen LogP contribution in [0.4, 0.5) is 11.6 Å². The molecule has 0 saturated carbocycles. The Kier molecular flexibility index (Phi) is 4.54. The van der Waals surface area contributed by atoms with Gasteiger partial charge in [0.25, 0.3) is 0 Å². The summed E-state index contributed by atoms with van der Waals surface area (Å²) in [7, 11) is 0. The first-order valence-corrected chi connectivity index (χ1v) is 6.60. The molecule has 1 aromatic heterocycles. The third kappa shape index (κ3) is 3.86. The molecule has 0 aromatic carbocycles. The van der Waals surface area contributed by atoms with Crippen LogP contribution in [0.15, 0.2) is 6.07 Å². The maximum atomic E-state index is 5.81.